The molecule has 5 nitrogen and oxygen atoms in total. The lowest BCUT2D eigenvalue weighted by atomic mass is 9.93. The van der Waals surface area contributed by atoms with Crippen LogP contribution in [0.3, 0.4) is 0 Å². The van der Waals surface area contributed by atoms with Crippen molar-refractivity contribution in [1.29, 1.82) is 5.26 Å². The Bertz CT molecular complexity index is 590. The summed E-state index contributed by atoms with van der Waals surface area (Å²) in [5.41, 5.74) is 0.0304. The van der Waals surface area contributed by atoms with Gasteiger partial charge in [0, 0.05) is 12.8 Å². The van der Waals surface area contributed by atoms with E-state index in [0.717, 1.165) is 0 Å². The first-order valence-electron chi connectivity index (χ1n) is 7.79. The van der Waals surface area contributed by atoms with Gasteiger partial charge in [0.2, 0.25) is 0 Å². The average molecular weight is 318 g/mol. The minimum atomic E-state index is -0.909. The summed E-state index contributed by atoms with van der Waals surface area (Å²) in [6, 6.07) is 7.12. The zero-order valence-corrected chi connectivity index (χ0v) is 14.8. The van der Waals surface area contributed by atoms with Gasteiger partial charge in [-0.25, -0.2) is 0 Å². The Labute approximate surface area is 138 Å². The summed E-state index contributed by atoms with van der Waals surface area (Å²) < 4.78 is 11.0. The molecule has 0 fully saturated rings. The highest BCUT2D eigenvalue weighted by atomic mass is 16.5. The summed E-state index contributed by atoms with van der Waals surface area (Å²) in [5, 5.41) is 12.1. The molecule has 0 saturated carbocycles. The van der Waals surface area contributed by atoms with E-state index in [9.17, 15) is 10.1 Å². The van der Waals surface area contributed by atoms with Crippen LogP contribution >= 0.6 is 0 Å². The van der Waals surface area contributed by atoms with Crippen LogP contribution < -0.4 is 10.1 Å². The number of rotatable bonds is 7. The highest BCUT2D eigenvalue weighted by Gasteiger charge is 2.34. The molecule has 0 aliphatic rings. The first-order chi connectivity index (χ1) is 10.7. The predicted molar refractivity (Wildman–Crippen MR) is 90.4 cm³/mol. The van der Waals surface area contributed by atoms with Crippen molar-refractivity contribution in [2.45, 2.75) is 52.7 Å². The summed E-state index contributed by atoms with van der Waals surface area (Å²) >= 11 is 0. The summed E-state index contributed by atoms with van der Waals surface area (Å²) in [6.07, 6.45) is 0.583. The maximum atomic E-state index is 12.5. The van der Waals surface area contributed by atoms with Crippen LogP contribution in [0.2, 0.25) is 0 Å². The van der Waals surface area contributed by atoms with Gasteiger partial charge in [-0.2, -0.15) is 5.26 Å². The summed E-state index contributed by atoms with van der Waals surface area (Å²) in [7, 11) is 1.53. The van der Waals surface area contributed by atoms with E-state index in [2.05, 4.69) is 11.4 Å². The highest BCUT2D eigenvalue weighted by Crippen LogP contribution is 2.26. The van der Waals surface area contributed by atoms with Crippen molar-refractivity contribution in [1.82, 2.24) is 0 Å². The van der Waals surface area contributed by atoms with E-state index in [1.807, 2.05) is 27.7 Å². The Morgan fingerprint density at radius 2 is 2.00 bits per heavy atom. The standard InChI is InChI=1S/C18H26N2O3/c1-12(2)10-18(5,22-6)17(21)20-15-7-8-16(23-13(3)4)14(9-15)11-19/h7-9,12-13H,10H2,1-6H3,(H,20,21)/t18-/m1/s1. The third-order valence-electron chi connectivity index (χ3n) is 3.45. The Morgan fingerprint density at radius 1 is 1.35 bits per heavy atom. The number of nitrogens with one attached hydrogen (secondary N) is 1. The van der Waals surface area contributed by atoms with Crippen LogP contribution in [0.4, 0.5) is 5.69 Å². The van der Waals surface area contributed by atoms with Gasteiger partial charge in [0.15, 0.2) is 0 Å². The second-order valence-corrected chi connectivity index (χ2v) is 6.48. The van der Waals surface area contributed by atoms with Gasteiger partial charge in [0.1, 0.15) is 17.4 Å². The molecule has 1 amide bonds. The van der Waals surface area contributed by atoms with Gasteiger partial charge in [-0.15, -0.1) is 0 Å². The maximum Gasteiger partial charge on any atom is 0.256 e. The summed E-state index contributed by atoms with van der Waals surface area (Å²) in [4.78, 5) is 12.5. The molecule has 1 aromatic rings. The van der Waals surface area contributed by atoms with Crippen LogP contribution in [0.5, 0.6) is 5.75 Å². The van der Waals surface area contributed by atoms with Crippen LogP contribution in [-0.4, -0.2) is 24.7 Å². The second kappa shape index (κ2) is 7.98. The molecule has 0 saturated heterocycles. The molecule has 1 rings (SSSR count). The van der Waals surface area contributed by atoms with E-state index in [4.69, 9.17) is 9.47 Å². The monoisotopic (exact) mass is 318 g/mol. The van der Waals surface area contributed by atoms with Crippen molar-refractivity contribution >= 4 is 11.6 Å². The van der Waals surface area contributed by atoms with Crippen LogP contribution in [-0.2, 0) is 9.53 Å². The van der Waals surface area contributed by atoms with Crippen molar-refractivity contribution in [2.75, 3.05) is 12.4 Å². The molecule has 5 heteroatoms. The molecular formula is C18H26N2O3. The number of amides is 1. The van der Waals surface area contributed by atoms with Crippen molar-refractivity contribution in [2.24, 2.45) is 5.92 Å². The van der Waals surface area contributed by atoms with Crippen molar-refractivity contribution in [3.05, 3.63) is 23.8 Å². The summed E-state index contributed by atoms with van der Waals surface area (Å²) in [6.45, 7) is 9.64. The number of anilines is 1. The van der Waals surface area contributed by atoms with E-state index < -0.39 is 5.60 Å². The predicted octanol–water partition coefficient (Wildman–Crippen LogP) is 3.74. The fourth-order valence-electron chi connectivity index (χ4n) is 2.36. The largest absolute Gasteiger partial charge is 0.490 e. The van der Waals surface area contributed by atoms with E-state index in [1.165, 1.54) is 7.11 Å². The van der Waals surface area contributed by atoms with E-state index >= 15 is 0 Å². The van der Waals surface area contributed by atoms with E-state index in [0.29, 0.717) is 29.3 Å². The van der Waals surface area contributed by atoms with Crippen LogP contribution in [0.25, 0.3) is 0 Å². The number of carbonyl (C=O) groups excluding carboxylic acids is 1. The molecule has 23 heavy (non-hydrogen) atoms. The molecule has 126 valence electrons. The van der Waals surface area contributed by atoms with E-state index in [1.54, 1.807) is 25.1 Å². The number of carbonyl (C=O) groups is 1. The zero-order chi connectivity index (χ0) is 17.6. The molecule has 1 N–H and O–H groups in total. The van der Waals surface area contributed by atoms with Crippen molar-refractivity contribution in [3.8, 4) is 11.8 Å². The first kappa shape index (κ1) is 19.0. The molecule has 0 heterocycles. The normalized spacial score (nSPS) is 13.5. The third-order valence-corrected chi connectivity index (χ3v) is 3.45. The molecule has 0 aliphatic heterocycles. The van der Waals surface area contributed by atoms with Crippen LogP contribution in [0.1, 0.15) is 46.6 Å². The minimum Gasteiger partial charge on any atom is -0.490 e. The lowest BCUT2D eigenvalue weighted by Crippen LogP contribution is -2.43. The average Bonchev–Trinajstić information content (AvgIpc) is 2.47. The molecule has 0 aliphatic carbocycles. The number of methoxy groups -OCH3 is 1. The molecule has 1 aromatic carbocycles. The van der Waals surface area contributed by atoms with Gasteiger partial charge in [-0.1, -0.05) is 13.8 Å². The fraction of sp³-hybridized carbons (Fsp3) is 0.556. The number of hydrogen-bond donors (Lipinski definition) is 1. The van der Waals surface area contributed by atoms with Gasteiger partial charge < -0.3 is 14.8 Å². The fourth-order valence-corrected chi connectivity index (χ4v) is 2.36. The van der Waals surface area contributed by atoms with Gasteiger partial charge in [0.25, 0.3) is 5.91 Å². The number of benzene rings is 1. The van der Waals surface area contributed by atoms with Gasteiger partial charge in [-0.05, 0) is 51.3 Å². The Balaban J connectivity index is 2.96. The van der Waals surface area contributed by atoms with Crippen LogP contribution in [0.15, 0.2) is 18.2 Å². The zero-order valence-electron chi connectivity index (χ0n) is 14.8. The smallest absolute Gasteiger partial charge is 0.256 e. The number of ether oxygens (including phenoxy) is 2. The van der Waals surface area contributed by atoms with Crippen LogP contribution in [0, 0.1) is 17.2 Å². The first-order valence-corrected chi connectivity index (χ1v) is 7.79. The molecule has 0 aromatic heterocycles. The third kappa shape index (κ3) is 5.26. The Hall–Kier alpha value is -2.06. The number of hydrogen-bond acceptors (Lipinski definition) is 4. The van der Waals surface area contributed by atoms with Crippen molar-refractivity contribution in [3.63, 3.8) is 0 Å². The maximum absolute atomic E-state index is 12.5. The molecule has 0 unspecified atom stereocenters. The molecule has 0 radical (unpaired) electrons. The van der Waals surface area contributed by atoms with E-state index in [-0.39, 0.29) is 12.0 Å². The minimum absolute atomic E-state index is 0.0228. The molecule has 0 bridgehead atoms. The number of nitriles is 1. The van der Waals surface area contributed by atoms with Gasteiger partial charge in [-0.3, -0.25) is 4.79 Å². The Kier molecular flexibility index (Phi) is 6.59. The lowest BCUT2D eigenvalue weighted by Gasteiger charge is -2.28. The van der Waals surface area contributed by atoms with Gasteiger partial charge >= 0.3 is 0 Å². The topological polar surface area (TPSA) is 71.3 Å². The molecule has 1 atom stereocenters. The second-order valence-electron chi connectivity index (χ2n) is 6.48. The highest BCUT2D eigenvalue weighted by molar-refractivity contribution is 5.97. The van der Waals surface area contributed by atoms with Crippen molar-refractivity contribution < 1.29 is 14.3 Å². The number of nitrogens with zero attached hydrogens (tertiary/aromatic N) is 1. The summed E-state index contributed by atoms with van der Waals surface area (Å²) in [5.74, 6) is 0.606. The SMILES string of the molecule is CO[C@](C)(CC(C)C)C(=O)Nc1ccc(OC(C)C)c(C#N)c1. The molecule has 0 spiro atoms. The van der Waals surface area contributed by atoms with Gasteiger partial charge in [0.05, 0.1) is 11.7 Å². The Morgan fingerprint density at radius 3 is 2.48 bits per heavy atom. The lowest BCUT2D eigenvalue weighted by molar-refractivity contribution is -0.137. The quantitative estimate of drug-likeness (QED) is 0.831. The molecular weight excluding hydrogens is 292 g/mol.